The Hall–Kier alpha value is -1.38. The molecule has 2 aromatic rings. The van der Waals surface area contributed by atoms with E-state index in [0.717, 1.165) is 48.4 Å². The molecule has 1 unspecified atom stereocenters. The van der Waals surface area contributed by atoms with Gasteiger partial charge in [0.15, 0.2) is 0 Å². The second-order valence-electron chi connectivity index (χ2n) is 6.40. The molecule has 144 valence electrons. The van der Waals surface area contributed by atoms with Crippen LogP contribution in [0.5, 0.6) is 0 Å². The summed E-state index contributed by atoms with van der Waals surface area (Å²) in [6.07, 6.45) is 3.22. The Bertz CT molecular complexity index is 749. The van der Waals surface area contributed by atoms with Gasteiger partial charge in [-0.2, -0.15) is 0 Å². The van der Waals surface area contributed by atoms with E-state index in [1.165, 1.54) is 0 Å². The molecule has 2 aliphatic rings. The molecule has 7 nitrogen and oxygen atoms in total. The number of aromatic amines is 1. The highest BCUT2D eigenvalue weighted by Gasteiger charge is 2.30. The summed E-state index contributed by atoms with van der Waals surface area (Å²) < 4.78 is 11.3. The van der Waals surface area contributed by atoms with Gasteiger partial charge in [-0.1, -0.05) is 0 Å². The number of imidazole rings is 1. The van der Waals surface area contributed by atoms with E-state index in [9.17, 15) is 4.79 Å². The van der Waals surface area contributed by atoms with Crippen LogP contribution in [0.4, 0.5) is 5.69 Å². The van der Waals surface area contributed by atoms with E-state index >= 15 is 0 Å². The van der Waals surface area contributed by atoms with Crippen molar-refractivity contribution in [2.24, 2.45) is 5.73 Å². The molecule has 0 spiro atoms. The van der Waals surface area contributed by atoms with Gasteiger partial charge in [-0.25, -0.2) is 4.98 Å². The molecule has 9 heteroatoms. The molecule has 0 aliphatic carbocycles. The number of amides is 1. The first-order valence-corrected chi connectivity index (χ1v) is 8.50. The second kappa shape index (κ2) is 9.01. The summed E-state index contributed by atoms with van der Waals surface area (Å²) in [5.41, 5.74) is 8.09. The Labute approximate surface area is 164 Å². The summed E-state index contributed by atoms with van der Waals surface area (Å²) in [5.74, 6) is 0.736. The van der Waals surface area contributed by atoms with E-state index in [2.05, 4.69) is 15.3 Å². The first-order valence-electron chi connectivity index (χ1n) is 8.50. The topological polar surface area (TPSA) is 102 Å². The van der Waals surface area contributed by atoms with Crippen molar-refractivity contribution in [3.63, 3.8) is 0 Å². The maximum Gasteiger partial charge on any atom is 0.253 e. The lowest BCUT2D eigenvalue weighted by molar-refractivity contribution is -0.126. The number of anilines is 1. The van der Waals surface area contributed by atoms with E-state index in [1.807, 2.05) is 18.2 Å². The van der Waals surface area contributed by atoms with Crippen LogP contribution in [0.3, 0.4) is 0 Å². The van der Waals surface area contributed by atoms with Crippen molar-refractivity contribution < 1.29 is 14.3 Å². The molecule has 4 rings (SSSR count). The maximum absolute atomic E-state index is 12.3. The minimum Gasteiger partial charge on any atom is -0.370 e. The summed E-state index contributed by atoms with van der Waals surface area (Å²) in [7, 11) is 0. The van der Waals surface area contributed by atoms with Crippen molar-refractivity contribution in [1.82, 2.24) is 9.97 Å². The van der Waals surface area contributed by atoms with Gasteiger partial charge < -0.3 is 25.5 Å². The number of nitrogens with zero attached hydrogens (tertiary/aromatic N) is 1. The van der Waals surface area contributed by atoms with Gasteiger partial charge in [0.1, 0.15) is 18.0 Å². The molecule has 26 heavy (non-hydrogen) atoms. The number of aromatic nitrogens is 2. The molecule has 1 aromatic heterocycles. The van der Waals surface area contributed by atoms with Crippen LogP contribution in [0.1, 0.15) is 37.6 Å². The van der Waals surface area contributed by atoms with Crippen molar-refractivity contribution in [3.05, 3.63) is 24.0 Å². The number of hydrogen-bond donors (Lipinski definition) is 3. The van der Waals surface area contributed by atoms with E-state index in [0.29, 0.717) is 13.0 Å². The SMILES string of the molecule is Cl.Cl.NC[C@H]1CC[C@@H](C(=O)Nc2ccc3nc(C4CCCO4)[nH]c3c2)O1. The van der Waals surface area contributed by atoms with Crippen LogP contribution in [0.2, 0.25) is 0 Å². The average Bonchev–Trinajstić information content (AvgIpc) is 3.32. The molecule has 2 saturated heterocycles. The van der Waals surface area contributed by atoms with Gasteiger partial charge >= 0.3 is 0 Å². The highest BCUT2D eigenvalue weighted by atomic mass is 35.5. The zero-order valence-corrected chi connectivity index (χ0v) is 15.9. The smallest absolute Gasteiger partial charge is 0.253 e. The van der Waals surface area contributed by atoms with E-state index in [4.69, 9.17) is 15.2 Å². The summed E-state index contributed by atoms with van der Waals surface area (Å²) in [6.45, 7) is 1.24. The molecular weight excluding hydrogens is 379 g/mol. The van der Waals surface area contributed by atoms with Crippen molar-refractivity contribution in [1.29, 1.82) is 0 Å². The predicted octanol–water partition coefficient (Wildman–Crippen LogP) is 2.70. The van der Waals surface area contributed by atoms with Crippen molar-refractivity contribution in [3.8, 4) is 0 Å². The van der Waals surface area contributed by atoms with Crippen LogP contribution in [-0.4, -0.2) is 41.2 Å². The number of rotatable bonds is 4. The zero-order valence-electron chi connectivity index (χ0n) is 14.3. The number of halogens is 2. The molecule has 1 aromatic carbocycles. The number of carbonyl (C=O) groups is 1. The van der Waals surface area contributed by atoms with Crippen molar-refractivity contribution >= 4 is 47.4 Å². The van der Waals surface area contributed by atoms with Crippen LogP contribution in [0.15, 0.2) is 18.2 Å². The van der Waals surface area contributed by atoms with Crippen molar-refractivity contribution in [2.45, 2.75) is 44.0 Å². The lowest BCUT2D eigenvalue weighted by atomic mass is 10.2. The summed E-state index contributed by atoms with van der Waals surface area (Å²) in [4.78, 5) is 20.2. The molecule has 2 fully saturated rings. The number of hydrogen-bond acceptors (Lipinski definition) is 5. The Morgan fingerprint density at radius 2 is 2.15 bits per heavy atom. The minimum atomic E-state index is -0.418. The third-order valence-corrected chi connectivity index (χ3v) is 4.67. The second-order valence-corrected chi connectivity index (χ2v) is 6.40. The number of ether oxygens (including phenoxy) is 2. The number of nitrogens with two attached hydrogens (primary N) is 1. The van der Waals surface area contributed by atoms with Crippen LogP contribution in [-0.2, 0) is 14.3 Å². The summed E-state index contributed by atoms with van der Waals surface area (Å²) >= 11 is 0. The van der Waals surface area contributed by atoms with Gasteiger partial charge in [0.05, 0.1) is 17.1 Å². The fourth-order valence-corrected chi connectivity index (χ4v) is 3.35. The van der Waals surface area contributed by atoms with E-state index in [1.54, 1.807) is 0 Å². The maximum atomic E-state index is 12.3. The predicted molar refractivity (Wildman–Crippen MR) is 104 cm³/mol. The van der Waals surface area contributed by atoms with E-state index in [-0.39, 0.29) is 42.9 Å². The molecular formula is C17H24Cl2N4O3. The van der Waals surface area contributed by atoms with Gasteiger partial charge in [0, 0.05) is 18.8 Å². The highest BCUT2D eigenvalue weighted by Crippen LogP contribution is 2.29. The Balaban J connectivity index is 0.00000121. The molecule has 2 aliphatic heterocycles. The van der Waals surface area contributed by atoms with Gasteiger partial charge in [-0.3, -0.25) is 4.79 Å². The Kier molecular flexibility index (Phi) is 7.25. The van der Waals surface area contributed by atoms with Gasteiger partial charge in [-0.15, -0.1) is 24.8 Å². The zero-order chi connectivity index (χ0) is 16.5. The molecule has 1 amide bonds. The highest BCUT2D eigenvalue weighted by molar-refractivity contribution is 5.96. The minimum absolute atomic E-state index is 0. The largest absolute Gasteiger partial charge is 0.370 e. The van der Waals surface area contributed by atoms with Gasteiger partial charge in [0.2, 0.25) is 0 Å². The fourth-order valence-electron chi connectivity index (χ4n) is 3.35. The van der Waals surface area contributed by atoms with E-state index < -0.39 is 6.10 Å². The van der Waals surface area contributed by atoms with Gasteiger partial charge in [-0.05, 0) is 43.9 Å². The third kappa shape index (κ3) is 4.29. The van der Waals surface area contributed by atoms with Crippen LogP contribution in [0, 0.1) is 0 Å². The molecule has 0 bridgehead atoms. The molecule has 3 atom stereocenters. The fraction of sp³-hybridized carbons (Fsp3) is 0.529. The lowest BCUT2D eigenvalue weighted by Crippen LogP contribution is -2.29. The number of carbonyl (C=O) groups excluding carboxylic acids is 1. The monoisotopic (exact) mass is 402 g/mol. The molecule has 3 heterocycles. The van der Waals surface area contributed by atoms with Crippen LogP contribution in [0.25, 0.3) is 11.0 Å². The van der Waals surface area contributed by atoms with Crippen LogP contribution < -0.4 is 11.1 Å². The van der Waals surface area contributed by atoms with Gasteiger partial charge in [0.25, 0.3) is 5.91 Å². The number of nitrogens with one attached hydrogen (secondary N) is 2. The average molecular weight is 403 g/mol. The summed E-state index contributed by atoms with van der Waals surface area (Å²) in [6, 6.07) is 5.65. The molecule has 4 N–H and O–H groups in total. The quantitative estimate of drug-likeness (QED) is 0.729. The normalized spacial score (nSPS) is 24.9. The first-order chi connectivity index (χ1) is 11.7. The third-order valence-electron chi connectivity index (χ3n) is 4.67. The Morgan fingerprint density at radius 3 is 2.85 bits per heavy atom. The lowest BCUT2D eigenvalue weighted by Gasteiger charge is -2.12. The number of benzene rings is 1. The standard InChI is InChI=1S/C17H22N4O3.2ClH/c18-9-11-4-6-15(24-11)17(22)19-10-3-5-12-13(8-10)21-16(20-12)14-2-1-7-23-14;;/h3,5,8,11,14-15H,1-2,4,6-7,9,18H2,(H,19,22)(H,20,21);2*1H/t11-,14?,15+;;/m1../s1. The molecule has 0 radical (unpaired) electrons. The number of fused-ring (bicyclic) bond motifs is 1. The Morgan fingerprint density at radius 1 is 1.31 bits per heavy atom. The van der Waals surface area contributed by atoms with Crippen LogP contribution >= 0.6 is 24.8 Å². The number of H-pyrrole nitrogens is 1. The molecule has 0 saturated carbocycles. The van der Waals surface area contributed by atoms with Crippen molar-refractivity contribution in [2.75, 3.05) is 18.5 Å². The first kappa shape index (κ1) is 20.9. The summed E-state index contributed by atoms with van der Waals surface area (Å²) in [5, 5.41) is 2.92.